The minimum absolute atomic E-state index is 5.07. The van der Waals surface area contributed by atoms with Crippen molar-refractivity contribution in [2.24, 2.45) is 0 Å². The van der Waals surface area contributed by atoms with Gasteiger partial charge in [-0.25, -0.2) is 8.78 Å². The van der Waals surface area contributed by atoms with Crippen molar-refractivity contribution in [3.8, 4) is 0 Å². The summed E-state index contributed by atoms with van der Waals surface area (Å²) in [7, 11) is 0. The zero-order valence-electron chi connectivity index (χ0n) is 11.8. The van der Waals surface area contributed by atoms with Gasteiger partial charge in [0.1, 0.15) is 5.57 Å². The maximum Gasteiger partial charge on any atom is 0.435 e. The Balaban J connectivity index is 4.34. The third-order valence-electron chi connectivity index (χ3n) is 3.73. The van der Waals surface area contributed by atoms with Crippen molar-refractivity contribution in [1.82, 2.24) is 0 Å². The van der Waals surface area contributed by atoms with Crippen LogP contribution < -0.4 is 0 Å². The monoisotopic (exact) mass is 462 g/mol. The molecule has 0 aliphatic heterocycles. The molecule has 1 rings (SSSR count). The molecule has 0 aromatic carbocycles. The molecule has 0 aromatic heterocycles. The van der Waals surface area contributed by atoms with Crippen LogP contribution in [0.4, 0.5) is 79.0 Å². The molecule has 0 spiro atoms. The van der Waals surface area contributed by atoms with E-state index in [4.69, 9.17) is 0 Å². The van der Waals surface area contributed by atoms with E-state index in [0.29, 0.717) is 0 Å². The largest absolute Gasteiger partial charge is 0.435 e. The fourth-order valence-corrected chi connectivity index (χ4v) is 2.36. The van der Waals surface area contributed by atoms with Gasteiger partial charge in [-0.1, -0.05) is 0 Å². The van der Waals surface area contributed by atoms with Gasteiger partial charge in [0.25, 0.3) is 11.7 Å². The van der Waals surface area contributed by atoms with Crippen LogP contribution in [0.2, 0.25) is 0 Å². The van der Waals surface area contributed by atoms with Crippen molar-refractivity contribution in [2.75, 3.05) is 0 Å². The average molecular weight is 462 g/mol. The first kappa shape index (κ1) is 24.5. The van der Waals surface area contributed by atoms with Gasteiger partial charge < -0.3 is 0 Å². The van der Waals surface area contributed by atoms with E-state index in [0.717, 1.165) is 0 Å². The normalized spacial score (nSPS) is 34.1. The fraction of sp³-hybridized carbons (Fsp3) is 0.800. The van der Waals surface area contributed by atoms with Gasteiger partial charge in [0.05, 0.1) is 0 Å². The molecule has 0 heterocycles. The van der Waals surface area contributed by atoms with Crippen LogP contribution >= 0.6 is 0 Å². The Morgan fingerprint density at radius 2 is 0.857 bits per heavy atom. The van der Waals surface area contributed by atoms with Crippen molar-refractivity contribution >= 4 is 0 Å². The summed E-state index contributed by atoms with van der Waals surface area (Å²) in [5.41, 5.74) is -22.2. The van der Waals surface area contributed by atoms with Gasteiger partial charge in [0.15, 0.2) is 0 Å². The Bertz CT molecular complexity index is 673. The van der Waals surface area contributed by atoms with Crippen LogP contribution in [0.5, 0.6) is 0 Å². The first-order chi connectivity index (χ1) is 11.8. The highest BCUT2D eigenvalue weighted by Crippen LogP contribution is 2.74. The third kappa shape index (κ3) is 2.25. The molecule has 18 heteroatoms. The second kappa shape index (κ2) is 5.54. The number of hydrogen-bond donors (Lipinski definition) is 0. The van der Waals surface area contributed by atoms with Gasteiger partial charge in [-0.3, -0.25) is 0 Å². The van der Waals surface area contributed by atoms with Crippen LogP contribution in [0, 0.1) is 0 Å². The SMILES string of the molecule is FC(F)=C(C(F)(F)F)C1(F)C(F)(F)C(F)(F)C(F)(F)C(F)(C(F)(F)F)C1(F)F. The molecule has 0 bridgehead atoms. The van der Waals surface area contributed by atoms with Gasteiger partial charge in [-0.15, -0.1) is 0 Å². The van der Waals surface area contributed by atoms with E-state index >= 15 is 0 Å². The maximum absolute atomic E-state index is 14.1. The topological polar surface area (TPSA) is 0 Å². The Morgan fingerprint density at radius 1 is 0.500 bits per heavy atom. The predicted octanol–water partition coefficient (Wildman–Crippen LogP) is 6.23. The van der Waals surface area contributed by atoms with E-state index in [9.17, 15) is 79.0 Å². The summed E-state index contributed by atoms with van der Waals surface area (Å²) in [6, 6.07) is 0. The fourth-order valence-electron chi connectivity index (χ4n) is 2.36. The van der Waals surface area contributed by atoms with Gasteiger partial charge in [-0.2, -0.15) is 70.2 Å². The van der Waals surface area contributed by atoms with Gasteiger partial charge >= 0.3 is 41.7 Å². The molecule has 0 aromatic rings. The first-order valence-electron chi connectivity index (χ1n) is 5.90. The van der Waals surface area contributed by atoms with Crippen molar-refractivity contribution in [1.29, 1.82) is 0 Å². The Morgan fingerprint density at radius 3 is 1.11 bits per heavy atom. The van der Waals surface area contributed by atoms with E-state index in [-0.39, 0.29) is 0 Å². The standard InChI is InChI=1S/C10F18/c11-2(12)1(4(14,15)16)3(13)6(18,19)5(17,10(26,27)28)8(22,23)9(24,25)7(3,20)21. The van der Waals surface area contributed by atoms with Gasteiger partial charge in [-0.05, 0) is 0 Å². The highest BCUT2D eigenvalue weighted by molar-refractivity contribution is 5.42. The maximum atomic E-state index is 14.1. The Kier molecular flexibility index (Phi) is 4.85. The predicted molar refractivity (Wildman–Crippen MR) is 48.8 cm³/mol. The van der Waals surface area contributed by atoms with Crippen LogP contribution in [-0.2, 0) is 0 Å². The Labute approximate surface area is 139 Å². The molecule has 2 unspecified atom stereocenters. The molecule has 0 amide bonds. The lowest BCUT2D eigenvalue weighted by Gasteiger charge is -2.55. The van der Waals surface area contributed by atoms with Crippen molar-refractivity contribution in [3.63, 3.8) is 0 Å². The average Bonchev–Trinajstić information content (AvgIpc) is 2.40. The quantitative estimate of drug-likeness (QED) is 0.406. The van der Waals surface area contributed by atoms with E-state index in [1.54, 1.807) is 0 Å². The molecular weight excluding hydrogens is 462 g/mol. The van der Waals surface area contributed by atoms with E-state index in [2.05, 4.69) is 0 Å². The molecule has 28 heavy (non-hydrogen) atoms. The van der Waals surface area contributed by atoms with Gasteiger partial charge in [0.2, 0.25) is 0 Å². The number of rotatable bonds is 1. The highest BCUT2D eigenvalue weighted by Gasteiger charge is 3.06. The zero-order valence-corrected chi connectivity index (χ0v) is 11.8. The molecule has 0 radical (unpaired) electrons. The Hall–Kier alpha value is -1.52. The molecule has 1 saturated carbocycles. The van der Waals surface area contributed by atoms with Crippen LogP contribution in [0.3, 0.4) is 0 Å². The molecular formula is C10F18. The summed E-state index contributed by atoms with van der Waals surface area (Å²) in [5.74, 6) is -33.5. The lowest BCUT2D eigenvalue weighted by molar-refractivity contribution is -0.493. The second-order valence-electron chi connectivity index (χ2n) is 5.25. The summed E-state index contributed by atoms with van der Waals surface area (Å²) in [4.78, 5) is 0. The molecule has 2 atom stereocenters. The number of allylic oxidation sites excluding steroid dienone is 1. The molecule has 1 aliphatic carbocycles. The molecule has 0 nitrogen and oxygen atoms in total. The van der Waals surface area contributed by atoms with Crippen molar-refractivity contribution < 1.29 is 79.0 Å². The summed E-state index contributed by atoms with van der Waals surface area (Å²) in [5, 5.41) is 0. The van der Waals surface area contributed by atoms with Crippen molar-refractivity contribution in [3.05, 3.63) is 11.7 Å². The molecule has 166 valence electrons. The van der Waals surface area contributed by atoms with E-state index in [1.165, 1.54) is 0 Å². The van der Waals surface area contributed by atoms with Crippen LogP contribution in [-0.4, -0.2) is 47.4 Å². The second-order valence-corrected chi connectivity index (χ2v) is 5.25. The first-order valence-corrected chi connectivity index (χ1v) is 5.90. The number of alkyl halides is 16. The minimum atomic E-state index is -8.54. The zero-order chi connectivity index (χ0) is 23.2. The molecule has 0 N–H and O–H groups in total. The minimum Gasteiger partial charge on any atom is -0.224 e. The van der Waals surface area contributed by atoms with Crippen LogP contribution in [0.15, 0.2) is 11.7 Å². The molecule has 1 fully saturated rings. The lowest BCUT2D eigenvalue weighted by Crippen LogP contribution is -2.88. The summed E-state index contributed by atoms with van der Waals surface area (Å²) in [6.45, 7) is 0. The van der Waals surface area contributed by atoms with Gasteiger partial charge in [0, 0.05) is 0 Å². The number of hydrogen-bond acceptors (Lipinski definition) is 0. The summed E-state index contributed by atoms with van der Waals surface area (Å²) in [6.07, 6.45) is -20.8. The van der Waals surface area contributed by atoms with Crippen molar-refractivity contribution in [2.45, 2.75) is 47.4 Å². The number of halogens is 18. The lowest BCUT2D eigenvalue weighted by atomic mass is 9.63. The highest BCUT2D eigenvalue weighted by atomic mass is 19.4. The van der Waals surface area contributed by atoms with Crippen LogP contribution in [0.25, 0.3) is 0 Å². The van der Waals surface area contributed by atoms with Crippen LogP contribution in [0.1, 0.15) is 0 Å². The smallest absolute Gasteiger partial charge is 0.224 e. The summed E-state index contributed by atoms with van der Waals surface area (Å²) < 4.78 is 234. The molecule has 1 aliphatic rings. The van der Waals surface area contributed by atoms with E-state index < -0.39 is 59.0 Å². The molecule has 0 saturated heterocycles. The van der Waals surface area contributed by atoms with E-state index in [1.807, 2.05) is 0 Å². The third-order valence-corrected chi connectivity index (χ3v) is 3.73. The summed E-state index contributed by atoms with van der Waals surface area (Å²) >= 11 is 0.